The first-order chi connectivity index (χ1) is 8.97. The van der Waals surface area contributed by atoms with Gasteiger partial charge < -0.3 is 11.5 Å². The third-order valence-electron chi connectivity index (χ3n) is 2.71. The van der Waals surface area contributed by atoms with Crippen LogP contribution in [-0.2, 0) is 13.5 Å². The molecule has 0 atom stereocenters. The topological polar surface area (TPSA) is 86.9 Å². The number of hydrogen-bond donors (Lipinski definition) is 2. The van der Waals surface area contributed by atoms with Crippen molar-refractivity contribution in [3.8, 4) is 11.3 Å². The second kappa shape index (κ2) is 5.50. The third kappa shape index (κ3) is 2.49. The number of amides is 1. The number of rotatable bonds is 4. The summed E-state index contributed by atoms with van der Waals surface area (Å²) in [4.78, 5) is 11.9. The molecular formula is C11H12Cl2N4OS. The second-order valence-electron chi connectivity index (χ2n) is 3.93. The quantitative estimate of drug-likeness (QED) is 0.904. The monoisotopic (exact) mass is 318 g/mol. The van der Waals surface area contributed by atoms with Crippen LogP contribution in [0.2, 0.25) is 9.36 Å². The lowest BCUT2D eigenvalue weighted by Gasteiger charge is -2.07. The fourth-order valence-electron chi connectivity index (χ4n) is 1.94. The number of aromatic nitrogens is 2. The van der Waals surface area contributed by atoms with Crippen LogP contribution in [0, 0.1) is 0 Å². The summed E-state index contributed by atoms with van der Waals surface area (Å²) < 4.78 is 2.07. The Balaban J connectivity index is 2.72. The third-order valence-corrected chi connectivity index (χ3v) is 4.45. The lowest BCUT2D eigenvalue weighted by molar-refractivity contribution is 0.100. The van der Waals surface area contributed by atoms with Crippen LogP contribution in [0.25, 0.3) is 11.3 Å². The first-order valence-electron chi connectivity index (χ1n) is 5.46. The fourth-order valence-corrected chi connectivity index (χ4v) is 3.57. The Morgan fingerprint density at radius 2 is 2.21 bits per heavy atom. The normalized spacial score (nSPS) is 10.9. The molecule has 8 heteroatoms. The van der Waals surface area contributed by atoms with Crippen molar-refractivity contribution in [1.82, 2.24) is 9.78 Å². The Labute approximate surface area is 124 Å². The number of carbonyl (C=O) groups excluding carboxylic acids is 1. The molecule has 19 heavy (non-hydrogen) atoms. The molecular weight excluding hydrogens is 307 g/mol. The molecule has 5 nitrogen and oxygen atoms in total. The molecule has 102 valence electrons. The zero-order valence-electron chi connectivity index (χ0n) is 10.1. The fraction of sp³-hybridized carbons (Fsp3) is 0.273. The van der Waals surface area contributed by atoms with Gasteiger partial charge in [-0.3, -0.25) is 9.48 Å². The van der Waals surface area contributed by atoms with Crippen molar-refractivity contribution in [2.24, 2.45) is 18.5 Å². The van der Waals surface area contributed by atoms with E-state index in [4.69, 9.17) is 34.7 Å². The van der Waals surface area contributed by atoms with Gasteiger partial charge in [-0.15, -0.1) is 11.3 Å². The van der Waals surface area contributed by atoms with Crippen LogP contribution in [0.3, 0.4) is 0 Å². The van der Waals surface area contributed by atoms with Crippen molar-refractivity contribution in [1.29, 1.82) is 0 Å². The van der Waals surface area contributed by atoms with Crippen LogP contribution in [0.4, 0.5) is 0 Å². The van der Waals surface area contributed by atoms with E-state index >= 15 is 0 Å². The highest BCUT2D eigenvalue weighted by molar-refractivity contribution is 7.18. The molecule has 2 aromatic heterocycles. The van der Waals surface area contributed by atoms with Gasteiger partial charge in [-0.2, -0.15) is 5.10 Å². The highest BCUT2D eigenvalue weighted by Gasteiger charge is 2.24. The molecule has 2 heterocycles. The SMILES string of the molecule is Cn1ncc(Cl)c1-c1c(Cl)sc(C(N)=O)c1CCN. The van der Waals surface area contributed by atoms with Gasteiger partial charge in [0.2, 0.25) is 0 Å². The molecule has 0 radical (unpaired) electrons. The maximum absolute atomic E-state index is 11.5. The Hall–Kier alpha value is -1.08. The Bertz CT molecular complexity index is 615. The molecule has 0 unspecified atom stereocenters. The van der Waals surface area contributed by atoms with Crippen LogP contribution >= 0.6 is 34.5 Å². The van der Waals surface area contributed by atoms with Crippen LogP contribution in [0.1, 0.15) is 15.2 Å². The van der Waals surface area contributed by atoms with E-state index < -0.39 is 5.91 Å². The summed E-state index contributed by atoms with van der Waals surface area (Å²) >= 11 is 13.5. The van der Waals surface area contributed by atoms with E-state index in [-0.39, 0.29) is 0 Å². The van der Waals surface area contributed by atoms with Gasteiger partial charge in [0, 0.05) is 12.6 Å². The van der Waals surface area contributed by atoms with Crippen molar-refractivity contribution < 1.29 is 4.79 Å². The zero-order chi connectivity index (χ0) is 14.2. The molecule has 2 rings (SSSR count). The highest BCUT2D eigenvalue weighted by Crippen LogP contribution is 2.42. The summed E-state index contributed by atoms with van der Waals surface area (Å²) in [6.07, 6.45) is 2.03. The summed E-state index contributed by atoms with van der Waals surface area (Å²) in [6.45, 7) is 0.385. The molecule has 0 fully saturated rings. The van der Waals surface area contributed by atoms with E-state index in [1.807, 2.05) is 0 Å². The summed E-state index contributed by atoms with van der Waals surface area (Å²) in [5.74, 6) is -0.514. The number of thiophene rings is 1. The van der Waals surface area contributed by atoms with E-state index in [1.165, 1.54) is 6.20 Å². The van der Waals surface area contributed by atoms with Crippen LogP contribution in [-0.4, -0.2) is 22.2 Å². The molecule has 0 aromatic carbocycles. The summed E-state index contributed by atoms with van der Waals surface area (Å²) in [6, 6.07) is 0. The predicted octanol–water partition coefficient (Wildman–Crippen LogP) is 2.06. The second-order valence-corrected chi connectivity index (χ2v) is 5.96. The van der Waals surface area contributed by atoms with Gasteiger partial charge >= 0.3 is 0 Å². The van der Waals surface area contributed by atoms with Crippen molar-refractivity contribution in [3.05, 3.63) is 26.0 Å². The molecule has 1 amide bonds. The van der Waals surface area contributed by atoms with Gasteiger partial charge in [0.1, 0.15) is 4.34 Å². The molecule has 0 saturated carbocycles. The minimum absolute atomic E-state index is 0.385. The molecule has 0 saturated heterocycles. The van der Waals surface area contributed by atoms with E-state index in [9.17, 15) is 4.79 Å². The maximum Gasteiger partial charge on any atom is 0.259 e. The van der Waals surface area contributed by atoms with Crippen molar-refractivity contribution in [2.45, 2.75) is 6.42 Å². The average Bonchev–Trinajstić information content (AvgIpc) is 2.82. The van der Waals surface area contributed by atoms with Gasteiger partial charge in [0.15, 0.2) is 0 Å². The Morgan fingerprint density at radius 1 is 1.53 bits per heavy atom. The summed E-state index contributed by atoms with van der Waals surface area (Å²) in [5, 5.41) is 4.54. The predicted molar refractivity (Wildman–Crippen MR) is 77.8 cm³/mol. The van der Waals surface area contributed by atoms with Gasteiger partial charge in [0.05, 0.1) is 21.8 Å². The maximum atomic E-state index is 11.5. The zero-order valence-corrected chi connectivity index (χ0v) is 12.4. The van der Waals surface area contributed by atoms with E-state index in [0.29, 0.717) is 38.5 Å². The molecule has 0 aliphatic rings. The average molecular weight is 319 g/mol. The van der Waals surface area contributed by atoms with E-state index in [1.54, 1.807) is 11.7 Å². The van der Waals surface area contributed by atoms with Crippen LogP contribution in [0.5, 0.6) is 0 Å². The number of primary amides is 1. The molecule has 0 aliphatic heterocycles. The summed E-state index contributed by atoms with van der Waals surface area (Å²) in [5.41, 5.74) is 13.1. The smallest absolute Gasteiger partial charge is 0.259 e. The highest BCUT2D eigenvalue weighted by atomic mass is 35.5. The largest absolute Gasteiger partial charge is 0.365 e. The standard InChI is InChI=1S/C11H12Cl2N4OS/c1-17-8(6(12)4-16-17)7-5(2-3-14)9(11(15)18)19-10(7)13/h4H,2-3,14H2,1H3,(H2,15,18). The number of halogens is 2. The minimum Gasteiger partial charge on any atom is -0.365 e. The summed E-state index contributed by atoms with van der Waals surface area (Å²) in [7, 11) is 1.76. The number of nitrogens with two attached hydrogens (primary N) is 2. The van der Waals surface area contributed by atoms with Crippen LogP contribution < -0.4 is 11.5 Å². The molecule has 0 bridgehead atoms. The van der Waals surface area contributed by atoms with Gasteiger partial charge in [-0.1, -0.05) is 23.2 Å². The lowest BCUT2D eigenvalue weighted by atomic mass is 10.0. The van der Waals surface area contributed by atoms with Crippen LogP contribution in [0.15, 0.2) is 6.20 Å². The van der Waals surface area contributed by atoms with Crippen molar-refractivity contribution >= 4 is 40.4 Å². The van der Waals surface area contributed by atoms with Crippen molar-refractivity contribution in [3.63, 3.8) is 0 Å². The van der Waals surface area contributed by atoms with E-state index in [2.05, 4.69) is 5.10 Å². The first-order valence-corrected chi connectivity index (χ1v) is 7.03. The first kappa shape index (κ1) is 14.3. The number of carbonyl (C=O) groups is 1. The molecule has 0 spiro atoms. The number of hydrogen-bond acceptors (Lipinski definition) is 4. The number of nitrogens with zero attached hydrogens (tertiary/aromatic N) is 2. The van der Waals surface area contributed by atoms with E-state index in [0.717, 1.165) is 16.9 Å². The van der Waals surface area contributed by atoms with Gasteiger partial charge in [0.25, 0.3) is 5.91 Å². The Morgan fingerprint density at radius 3 is 2.68 bits per heavy atom. The van der Waals surface area contributed by atoms with Gasteiger partial charge in [-0.25, -0.2) is 0 Å². The molecule has 2 aromatic rings. The molecule has 4 N–H and O–H groups in total. The van der Waals surface area contributed by atoms with Gasteiger partial charge in [-0.05, 0) is 18.5 Å². The van der Waals surface area contributed by atoms with Crippen molar-refractivity contribution in [2.75, 3.05) is 6.54 Å². The lowest BCUT2D eigenvalue weighted by Crippen LogP contribution is -2.14. The minimum atomic E-state index is -0.514. The number of aryl methyl sites for hydroxylation is 1. The Kier molecular flexibility index (Phi) is 4.15. The molecule has 0 aliphatic carbocycles.